The van der Waals surface area contributed by atoms with Gasteiger partial charge in [-0.3, -0.25) is 14.7 Å². The van der Waals surface area contributed by atoms with Crippen LogP contribution in [0.3, 0.4) is 0 Å². The summed E-state index contributed by atoms with van der Waals surface area (Å²) in [6.45, 7) is 1.77. The van der Waals surface area contributed by atoms with Crippen LogP contribution in [0.1, 0.15) is 41.3 Å². The van der Waals surface area contributed by atoms with Crippen LogP contribution < -0.4 is 10.2 Å². The summed E-state index contributed by atoms with van der Waals surface area (Å²) in [5, 5.41) is 11.8. The molecule has 4 rings (SSSR count). The molecule has 1 aliphatic heterocycles. The molecular formula is C21H15F3N4O2. The highest BCUT2D eigenvalue weighted by molar-refractivity contribution is 6.08. The maximum atomic E-state index is 13.1. The highest BCUT2D eigenvalue weighted by Crippen LogP contribution is 2.42. The molecule has 1 N–H and O–H groups in total. The number of alkyl halides is 3. The summed E-state index contributed by atoms with van der Waals surface area (Å²) in [6, 6.07) is 7.71. The quantitative estimate of drug-likeness (QED) is 0.802. The Bertz CT molecular complexity index is 1150. The molecule has 0 fully saturated rings. The molecule has 6 nitrogen and oxygen atoms in total. The van der Waals surface area contributed by atoms with Crippen molar-refractivity contribution in [3.8, 4) is 6.07 Å². The normalized spacial score (nSPS) is 18.9. The predicted molar refractivity (Wildman–Crippen MR) is 100 cm³/mol. The third-order valence-electron chi connectivity index (χ3n) is 5.23. The number of nitrogens with one attached hydrogen (secondary N) is 1. The van der Waals surface area contributed by atoms with Gasteiger partial charge in [-0.1, -0.05) is 6.07 Å². The van der Waals surface area contributed by atoms with Crippen LogP contribution in [0.5, 0.6) is 0 Å². The molecule has 0 bridgehead atoms. The smallest absolute Gasteiger partial charge is 0.326 e. The second-order valence-corrected chi connectivity index (χ2v) is 7.08. The molecule has 30 heavy (non-hydrogen) atoms. The molecule has 1 aromatic carbocycles. The van der Waals surface area contributed by atoms with Gasteiger partial charge in [-0.2, -0.15) is 18.4 Å². The van der Waals surface area contributed by atoms with Crippen molar-refractivity contribution in [2.45, 2.75) is 32.0 Å². The number of aryl methyl sites for hydroxylation is 1. The maximum Gasteiger partial charge on any atom is 0.433 e. The molecule has 9 heteroatoms. The fourth-order valence-corrected chi connectivity index (χ4v) is 3.89. The van der Waals surface area contributed by atoms with E-state index in [0.717, 1.165) is 22.7 Å². The zero-order valence-electron chi connectivity index (χ0n) is 15.7. The number of benzene rings is 1. The molecule has 2 heterocycles. The number of ketones is 1. The zero-order valence-corrected chi connectivity index (χ0v) is 15.7. The number of nitrogens with zero attached hydrogens (tertiary/aromatic N) is 3. The first-order valence-corrected chi connectivity index (χ1v) is 9.11. The van der Waals surface area contributed by atoms with Gasteiger partial charge >= 0.3 is 12.2 Å². The lowest BCUT2D eigenvalue weighted by Crippen LogP contribution is -2.47. The van der Waals surface area contributed by atoms with E-state index in [4.69, 9.17) is 5.26 Å². The van der Waals surface area contributed by atoms with Gasteiger partial charge in [-0.25, -0.2) is 4.79 Å². The van der Waals surface area contributed by atoms with Crippen molar-refractivity contribution >= 4 is 17.5 Å². The second kappa shape index (κ2) is 6.99. The standard InChI is InChI=1S/C21H15F3N4O2/c1-11-8-12(10-25)2-3-14(11)19-18-15(4-5-16(18)29)28(20(30)27-19)13-6-7-26-17(9-13)21(22,23)24/h2-3,6-9,19H,4-5H2,1H3,(H,27,30). The first kappa shape index (κ1) is 19.6. The minimum absolute atomic E-state index is 0.00738. The van der Waals surface area contributed by atoms with Gasteiger partial charge in [0.1, 0.15) is 5.69 Å². The molecule has 0 saturated heterocycles. The zero-order chi connectivity index (χ0) is 21.6. The predicted octanol–water partition coefficient (Wildman–Crippen LogP) is 4.17. The number of halogens is 3. The van der Waals surface area contributed by atoms with Crippen LogP contribution in [-0.4, -0.2) is 16.8 Å². The Balaban J connectivity index is 1.83. The SMILES string of the molecule is Cc1cc(C#N)ccc1C1NC(=O)N(c2ccnc(C(F)(F)F)c2)C2=C1C(=O)CC2. The Kier molecular flexibility index (Phi) is 4.57. The Labute approximate surface area is 169 Å². The van der Waals surface area contributed by atoms with Crippen LogP contribution in [0.2, 0.25) is 0 Å². The summed E-state index contributed by atoms with van der Waals surface area (Å²) in [6.07, 6.45) is -3.26. The number of rotatable bonds is 2. The van der Waals surface area contributed by atoms with Crippen LogP contribution in [0, 0.1) is 18.3 Å². The van der Waals surface area contributed by atoms with Crippen molar-refractivity contribution in [3.05, 3.63) is 70.2 Å². The fraction of sp³-hybridized carbons (Fsp3) is 0.238. The van der Waals surface area contributed by atoms with Gasteiger partial charge in [-0.05, 0) is 48.7 Å². The average Bonchev–Trinajstić information content (AvgIpc) is 3.08. The van der Waals surface area contributed by atoms with E-state index in [2.05, 4.69) is 10.3 Å². The molecule has 1 unspecified atom stereocenters. The molecule has 2 aliphatic rings. The Hall–Kier alpha value is -3.67. The first-order chi connectivity index (χ1) is 14.2. The van der Waals surface area contributed by atoms with E-state index in [1.165, 1.54) is 6.07 Å². The number of anilines is 1. The third-order valence-corrected chi connectivity index (χ3v) is 5.23. The maximum absolute atomic E-state index is 13.1. The van der Waals surface area contributed by atoms with E-state index in [9.17, 15) is 22.8 Å². The van der Waals surface area contributed by atoms with Crippen molar-refractivity contribution in [3.63, 3.8) is 0 Å². The summed E-state index contributed by atoms with van der Waals surface area (Å²) in [5.74, 6) is -0.172. The lowest BCUT2D eigenvalue weighted by Gasteiger charge is -2.35. The highest BCUT2D eigenvalue weighted by atomic mass is 19.4. The summed E-state index contributed by atoms with van der Waals surface area (Å²) in [5.41, 5.74) is 1.45. The van der Waals surface area contributed by atoms with Gasteiger partial charge in [-0.15, -0.1) is 0 Å². The van der Waals surface area contributed by atoms with Crippen molar-refractivity contribution in [1.82, 2.24) is 10.3 Å². The fourth-order valence-electron chi connectivity index (χ4n) is 3.89. The van der Waals surface area contributed by atoms with E-state index in [-0.39, 0.29) is 24.3 Å². The topological polar surface area (TPSA) is 86.1 Å². The van der Waals surface area contributed by atoms with E-state index in [1.807, 2.05) is 6.07 Å². The molecule has 1 aliphatic carbocycles. The number of Topliss-reactive ketones (excluding diaryl/α,β-unsaturated/α-hetero) is 1. The van der Waals surface area contributed by atoms with Gasteiger partial charge in [0.05, 0.1) is 23.4 Å². The largest absolute Gasteiger partial charge is 0.433 e. The van der Waals surface area contributed by atoms with E-state index in [1.54, 1.807) is 25.1 Å². The number of pyridine rings is 1. The molecule has 2 amide bonds. The van der Waals surface area contributed by atoms with Gasteiger partial charge in [0.25, 0.3) is 0 Å². The Morgan fingerprint density at radius 1 is 1.20 bits per heavy atom. The summed E-state index contributed by atoms with van der Waals surface area (Å²) < 4.78 is 39.2. The van der Waals surface area contributed by atoms with Gasteiger partial charge < -0.3 is 5.32 Å². The highest BCUT2D eigenvalue weighted by Gasteiger charge is 2.42. The molecule has 2 aromatic rings. The molecule has 1 aromatic heterocycles. The van der Waals surface area contributed by atoms with Gasteiger partial charge in [0.15, 0.2) is 5.78 Å². The lowest BCUT2D eigenvalue weighted by molar-refractivity contribution is -0.141. The number of aromatic nitrogens is 1. The van der Waals surface area contributed by atoms with Crippen molar-refractivity contribution in [2.75, 3.05) is 4.90 Å². The van der Waals surface area contributed by atoms with Crippen LogP contribution in [0.4, 0.5) is 23.7 Å². The van der Waals surface area contributed by atoms with Gasteiger partial charge in [0, 0.05) is 23.9 Å². The summed E-state index contributed by atoms with van der Waals surface area (Å²) in [4.78, 5) is 30.0. The number of nitriles is 1. The molecule has 0 spiro atoms. The van der Waals surface area contributed by atoms with Crippen LogP contribution in [0.25, 0.3) is 0 Å². The molecule has 152 valence electrons. The van der Waals surface area contributed by atoms with E-state index < -0.39 is 23.9 Å². The van der Waals surface area contributed by atoms with Crippen molar-refractivity contribution in [2.24, 2.45) is 0 Å². The molecular weight excluding hydrogens is 397 g/mol. The monoisotopic (exact) mass is 412 g/mol. The third kappa shape index (κ3) is 3.20. The summed E-state index contributed by atoms with van der Waals surface area (Å²) >= 11 is 0. The second-order valence-electron chi connectivity index (χ2n) is 7.08. The number of hydrogen-bond donors (Lipinski definition) is 1. The Morgan fingerprint density at radius 3 is 2.63 bits per heavy atom. The van der Waals surface area contributed by atoms with E-state index >= 15 is 0 Å². The van der Waals surface area contributed by atoms with E-state index in [0.29, 0.717) is 22.4 Å². The minimum Gasteiger partial charge on any atom is -0.326 e. The van der Waals surface area contributed by atoms with Crippen LogP contribution >= 0.6 is 0 Å². The van der Waals surface area contributed by atoms with Crippen molar-refractivity contribution < 1.29 is 22.8 Å². The van der Waals surface area contributed by atoms with Crippen LogP contribution in [0.15, 0.2) is 47.8 Å². The van der Waals surface area contributed by atoms with Gasteiger partial charge in [0.2, 0.25) is 0 Å². The number of hydrogen-bond acceptors (Lipinski definition) is 4. The molecule has 0 radical (unpaired) electrons. The molecule has 1 atom stereocenters. The number of urea groups is 1. The average molecular weight is 412 g/mol. The number of carbonyl (C=O) groups excluding carboxylic acids is 2. The number of allylic oxidation sites excluding steroid dienone is 1. The number of carbonyl (C=O) groups is 2. The summed E-state index contributed by atoms with van der Waals surface area (Å²) in [7, 11) is 0. The minimum atomic E-state index is -4.66. The molecule has 0 saturated carbocycles. The Morgan fingerprint density at radius 2 is 1.97 bits per heavy atom. The number of amides is 2. The lowest BCUT2D eigenvalue weighted by atomic mass is 9.91. The van der Waals surface area contributed by atoms with Crippen LogP contribution in [-0.2, 0) is 11.0 Å². The van der Waals surface area contributed by atoms with Crippen molar-refractivity contribution in [1.29, 1.82) is 5.26 Å². The first-order valence-electron chi connectivity index (χ1n) is 9.11.